The Morgan fingerprint density at radius 1 is 1.03 bits per heavy atom. The minimum absolute atomic E-state index is 0.0541. The summed E-state index contributed by atoms with van der Waals surface area (Å²) in [6.45, 7) is 4.13. The molecule has 0 bridgehead atoms. The summed E-state index contributed by atoms with van der Waals surface area (Å²) < 4.78 is 16.5. The van der Waals surface area contributed by atoms with E-state index in [-0.39, 0.29) is 24.5 Å². The van der Waals surface area contributed by atoms with Crippen LogP contribution in [0.5, 0.6) is 17.2 Å². The van der Waals surface area contributed by atoms with Gasteiger partial charge in [0, 0.05) is 23.6 Å². The molecule has 0 radical (unpaired) electrons. The molecule has 1 aromatic heterocycles. The summed E-state index contributed by atoms with van der Waals surface area (Å²) in [6.07, 6.45) is 1.64. The molecule has 2 N–H and O–H groups in total. The zero-order valence-corrected chi connectivity index (χ0v) is 16.1. The monoisotopic (exact) mass is 391 g/mol. The second-order valence-corrected chi connectivity index (χ2v) is 6.74. The highest BCUT2D eigenvalue weighted by Gasteiger charge is 2.15. The van der Waals surface area contributed by atoms with Crippen molar-refractivity contribution in [2.45, 2.75) is 20.0 Å². The van der Waals surface area contributed by atoms with Gasteiger partial charge < -0.3 is 24.8 Å². The smallest absolute Gasteiger partial charge is 0.274 e. The molecule has 0 atom stereocenters. The van der Waals surface area contributed by atoms with Gasteiger partial charge in [0.25, 0.3) is 5.91 Å². The molecule has 2 aromatic carbocycles. The lowest BCUT2D eigenvalue weighted by Crippen LogP contribution is -2.14. The predicted octanol–water partition coefficient (Wildman–Crippen LogP) is 4.59. The van der Waals surface area contributed by atoms with E-state index in [0.717, 1.165) is 17.1 Å². The first-order chi connectivity index (χ1) is 14.1. The number of amides is 1. The Hall–Kier alpha value is -3.74. The molecular formula is C22H21N3O4. The van der Waals surface area contributed by atoms with Crippen LogP contribution in [-0.4, -0.2) is 23.8 Å². The van der Waals surface area contributed by atoms with E-state index < -0.39 is 0 Å². The molecule has 0 saturated heterocycles. The Morgan fingerprint density at radius 3 is 2.72 bits per heavy atom. The molecule has 0 fully saturated rings. The van der Waals surface area contributed by atoms with Crippen molar-refractivity contribution >= 4 is 23.0 Å². The topological polar surface area (TPSA) is 81.7 Å². The number of carbonyl (C=O) groups is 1. The number of nitrogens with one attached hydrogen (secondary N) is 2. The van der Waals surface area contributed by atoms with Crippen LogP contribution in [0.1, 0.15) is 24.3 Å². The van der Waals surface area contributed by atoms with Crippen molar-refractivity contribution in [3.05, 3.63) is 66.5 Å². The second-order valence-electron chi connectivity index (χ2n) is 6.74. The zero-order valence-electron chi connectivity index (χ0n) is 16.1. The van der Waals surface area contributed by atoms with Crippen molar-refractivity contribution < 1.29 is 19.0 Å². The molecule has 0 spiro atoms. The van der Waals surface area contributed by atoms with Gasteiger partial charge in [-0.3, -0.25) is 9.78 Å². The molecule has 7 heteroatoms. The maximum absolute atomic E-state index is 12.6. The number of ether oxygens (including phenoxy) is 3. The van der Waals surface area contributed by atoms with Gasteiger partial charge in [-0.15, -0.1) is 0 Å². The maximum atomic E-state index is 12.6. The van der Waals surface area contributed by atoms with Crippen molar-refractivity contribution in [3.63, 3.8) is 0 Å². The van der Waals surface area contributed by atoms with E-state index >= 15 is 0 Å². The van der Waals surface area contributed by atoms with Gasteiger partial charge in [0.2, 0.25) is 6.79 Å². The fraction of sp³-hybridized carbons (Fsp3) is 0.182. The quantitative estimate of drug-likeness (QED) is 0.639. The zero-order chi connectivity index (χ0) is 20.2. The lowest BCUT2D eigenvalue weighted by Gasteiger charge is -2.15. The number of aromatic nitrogens is 1. The molecule has 0 aliphatic carbocycles. The third-order valence-corrected chi connectivity index (χ3v) is 4.15. The van der Waals surface area contributed by atoms with Crippen LogP contribution in [0, 0.1) is 0 Å². The predicted molar refractivity (Wildman–Crippen MR) is 110 cm³/mol. The van der Waals surface area contributed by atoms with Crippen LogP contribution >= 0.6 is 0 Å². The van der Waals surface area contributed by atoms with Crippen molar-refractivity contribution in [1.82, 2.24) is 4.98 Å². The summed E-state index contributed by atoms with van der Waals surface area (Å²) >= 11 is 0. The number of anilines is 3. The summed E-state index contributed by atoms with van der Waals surface area (Å²) in [5.74, 6) is 1.69. The number of carbonyl (C=O) groups excluding carboxylic acids is 1. The summed E-state index contributed by atoms with van der Waals surface area (Å²) in [7, 11) is 0. The number of nitrogens with zero attached hydrogens (tertiary/aromatic N) is 1. The number of hydrogen-bond acceptors (Lipinski definition) is 6. The van der Waals surface area contributed by atoms with E-state index in [1.807, 2.05) is 38.1 Å². The van der Waals surface area contributed by atoms with E-state index in [2.05, 4.69) is 15.6 Å². The fourth-order valence-corrected chi connectivity index (χ4v) is 2.88. The van der Waals surface area contributed by atoms with Gasteiger partial charge >= 0.3 is 0 Å². The van der Waals surface area contributed by atoms with Crippen molar-refractivity contribution in [3.8, 4) is 17.2 Å². The number of para-hydroxylation sites is 2. The Labute approximate surface area is 168 Å². The summed E-state index contributed by atoms with van der Waals surface area (Å²) in [6, 6.07) is 16.4. The molecule has 0 saturated carbocycles. The van der Waals surface area contributed by atoms with Crippen LogP contribution < -0.4 is 24.8 Å². The summed E-state index contributed by atoms with van der Waals surface area (Å²) in [5, 5.41) is 6.12. The molecule has 148 valence electrons. The molecule has 29 heavy (non-hydrogen) atoms. The molecular weight excluding hydrogens is 370 g/mol. The molecule has 1 aliphatic rings. The van der Waals surface area contributed by atoms with Gasteiger partial charge in [0.05, 0.1) is 11.8 Å². The largest absolute Gasteiger partial charge is 0.489 e. The fourth-order valence-electron chi connectivity index (χ4n) is 2.88. The van der Waals surface area contributed by atoms with Crippen LogP contribution in [0.25, 0.3) is 0 Å². The highest BCUT2D eigenvalue weighted by molar-refractivity contribution is 6.03. The molecule has 1 aliphatic heterocycles. The minimum Gasteiger partial charge on any atom is -0.489 e. The first-order valence-electron chi connectivity index (χ1n) is 9.28. The summed E-state index contributed by atoms with van der Waals surface area (Å²) in [4.78, 5) is 16.8. The second kappa shape index (κ2) is 8.10. The van der Waals surface area contributed by atoms with Crippen LogP contribution in [-0.2, 0) is 0 Å². The number of benzene rings is 2. The number of fused-ring (bicyclic) bond motifs is 1. The Kier molecular flexibility index (Phi) is 5.20. The van der Waals surface area contributed by atoms with Crippen LogP contribution in [0.2, 0.25) is 0 Å². The van der Waals surface area contributed by atoms with Crippen LogP contribution in [0.3, 0.4) is 0 Å². The van der Waals surface area contributed by atoms with Gasteiger partial charge in [-0.1, -0.05) is 12.1 Å². The van der Waals surface area contributed by atoms with Gasteiger partial charge in [-0.25, -0.2) is 0 Å². The maximum Gasteiger partial charge on any atom is 0.274 e. The van der Waals surface area contributed by atoms with Crippen molar-refractivity contribution in [1.29, 1.82) is 0 Å². The standard InChI is InChI=1S/C22H21N3O4/c1-14(2)29-19-6-4-3-5-17(19)24-16-9-10-23-18(11-16)22(26)25-15-7-8-20-21(12-15)28-13-27-20/h3-12,14H,13H2,1-2H3,(H,23,24)(H,25,26). The minimum atomic E-state index is -0.320. The van der Waals surface area contributed by atoms with E-state index in [1.54, 1.807) is 36.5 Å². The van der Waals surface area contributed by atoms with E-state index in [9.17, 15) is 4.79 Å². The molecule has 4 rings (SSSR count). The van der Waals surface area contributed by atoms with E-state index in [1.165, 1.54) is 0 Å². The SMILES string of the molecule is CC(C)Oc1ccccc1Nc1ccnc(C(=O)Nc2ccc3c(c2)OCO3)c1. The first kappa shape index (κ1) is 18.6. The van der Waals surface area contributed by atoms with E-state index in [0.29, 0.717) is 17.2 Å². The van der Waals surface area contributed by atoms with Gasteiger partial charge in [0.15, 0.2) is 11.5 Å². The van der Waals surface area contributed by atoms with Crippen LogP contribution in [0.15, 0.2) is 60.8 Å². The molecule has 0 unspecified atom stereocenters. The number of hydrogen-bond donors (Lipinski definition) is 2. The van der Waals surface area contributed by atoms with Crippen LogP contribution in [0.4, 0.5) is 17.1 Å². The van der Waals surface area contributed by atoms with Crippen molar-refractivity contribution in [2.24, 2.45) is 0 Å². The third-order valence-electron chi connectivity index (χ3n) is 4.15. The Balaban J connectivity index is 1.49. The average Bonchev–Trinajstić information content (AvgIpc) is 3.17. The van der Waals surface area contributed by atoms with E-state index in [4.69, 9.17) is 14.2 Å². The third kappa shape index (κ3) is 4.40. The Morgan fingerprint density at radius 2 is 1.86 bits per heavy atom. The molecule has 3 aromatic rings. The normalized spacial score (nSPS) is 12.0. The molecule has 7 nitrogen and oxygen atoms in total. The Bertz CT molecular complexity index is 1040. The lowest BCUT2D eigenvalue weighted by atomic mass is 10.2. The lowest BCUT2D eigenvalue weighted by molar-refractivity contribution is 0.102. The van der Waals surface area contributed by atoms with Gasteiger partial charge in [-0.2, -0.15) is 0 Å². The molecule has 2 heterocycles. The average molecular weight is 391 g/mol. The molecule has 1 amide bonds. The number of rotatable bonds is 6. The highest BCUT2D eigenvalue weighted by atomic mass is 16.7. The number of pyridine rings is 1. The summed E-state index contributed by atoms with van der Waals surface area (Å²) in [5.41, 5.74) is 2.44. The van der Waals surface area contributed by atoms with Gasteiger partial charge in [-0.05, 0) is 50.2 Å². The highest BCUT2D eigenvalue weighted by Crippen LogP contribution is 2.34. The van der Waals surface area contributed by atoms with Gasteiger partial charge in [0.1, 0.15) is 11.4 Å². The van der Waals surface area contributed by atoms with Crippen molar-refractivity contribution in [2.75, 3.05) is 17.4 Å². The first-order valence-corrected chi connectivity index (χ1v) is 9.28.